The lowest BCUT2D eigenvalue weighted by Crippen LogP contribution is -2.39. The standard InChI is InChI=1S/C21H26N2O4S/c1-14-7-6-8-20(15(14)2)27-16(3)21(24)23-12-11-17-13-18(9-10-19(17)23)28(25,26)22(4)5/h6-10,13,16H,11-12H2,1-5H3/t16-/m1/s1. The van der Waals surface area contributed by atoms with E-state index in [0.29, 0.717) is 18.7 Å². The SMILES string of the molecule is Cc1cccc(O[C@H](C)C(=O)N2CCc3cc(S(=O)(=O)N(C)C)ccc32)c1C. The Labute approximate surface area is 166 Å². The number of aryl methyl sites for hydroxylation is 1. The molecule has 28 heavy (non-hydrogen) atoms. The lowest BCUT2D eigenvalue weighted by Gasteiger charge is -2.23. The molecule has 6 nitrogen and oxygen atoms in total. The molecule has 0 aliphatic carbocycles. The van der Waals surface area contributed by atoms with Gasteiger partial charge < -0.3 is 9.64 Å². The van der Waals surface area contributed by atoms with Gasteiger partial charge in [0.25, 0.3) is 5.91 Å². The van der Waals surface area contributed by atoms with Crippen molar-refractivity contribution in [3.63, 3.8) is 0 Å². The van der Waals surface area contributed by atoms with E-state index in [9.17, 15) is 13.2 Å². The summed E-state index contributed by atoms with van der Waals surface area (Å²) in [6.45, 7) is 6.23. The highest BCUT2D eigenvalue weighted by Gasteiger charge is 2.30. The second kappa shape index (κ2) is 7.56. The largest absolute Gasteiger partial charge is 0.481 e. The number of nitrogens with zero attached hydrogens (tertiary/aromatic N) is 2. The van der Waals surface area contributed by atoms with Crippen molar-refractivity contribution in [3.8, 4) is 5.75 Å². The zero-order valence-corrected chi connectivity index (χ0v) is 17.7. The van der Waals surface area contributed by atoms with Crippen LogP contribution in [0.4, 0.5) is 5.69 Å². The Morgan fingerprint density at radius 3 is 2.57 bits per heavy atom. The molecule has 2 aromatic carbocycles. The Morgan fingerprint density at radius 1 is 1.18 bits per heavy atom. The summed E-state index contributed by atoms with van der Waals surface area (Å²) in [6, 6.07) is 10.7. The van der Waals surface area contributed by atoms with Crippen molar-refractivity contribution in [2.45, 2.75) is 38.2 Å². The van der Waals surface area contributed by atoms with Crippen LogP contribution in [0.5, 0.6) is 5.75 Å². The summed E-state index contributed by atoms with van der Waals surface area (Å²) in [5, 5.41) is 0. The highest BCUT2D eigenvalue weighted by atomic mass is 32.2. The average Bonchev–Trinajstić information content (AvgIpc) is 3.07. The number of hydrogen-bond donors (Lipinski definition) is 0. The van der Waals surface area contributed by atoms with Crippen molar-refractivity contribution in [2.75, 3.05) is 25.5 Å². The lowest BCUT2D eigenvalue weighted by atomic mass is 10.1. The minimum absolute atomic E-state index is 0.136. The molecular formula is C21H26N2O4S. The summed E-state index contributed by atoms with van der Waals surface area (Å²) in [4.78, 5) is 14.9. The van der Waals surface area contributed by atoms with Crippen LogP contribution in [0.1, 0.15) is 23.6 Å². The quantitative estimate of drug-likeness (QED) is 0.771. The van der Waals surface area contributed by atoms with Crippen LogP contribution in [-0.4, -0.2) is 45.4 Å². The van der Waals surface area contributed by atoms with Gasteiger partial charge in [0.15, 0.2) is 6.10 Å². The van der Waals surface area contributed by atoms with Crippen LogP contribution in [-0.2, 0) is 21.2 Å². The molecule has 0 spiro atoms. The van der Waals surface area contributed by atoms with Crippen molar-refractivity contribution < 1.29 is 17.9 Å². The summed E-state index contributed by atoms with van der Waals surface area (Å²) in [5.74, 6) is 0.565. The number of hydrogen-bond acceptors (Lipinski definition) is 4. The molecule has 2 aromatic rings. The molecule has 1 heterocycles. The molecule has 0 N–H and O–H groups in total. The van der Waals surface area contributed by atoms with Crippen LogP contribution >= 0.6 is 0 Å². The van der Waals surface area contributed by atoms with Gasteiger partial charge in [0, 0.05) is 26.3 Å². The number of amides is 1. The van der Waals surface area contributed by atoms with E-state index in [4.69, 9.17) is 4.74 Å². The minimum Gasteiger partial charge on any atom is -0.481 e. The molecule has 3 rings (SSSR count). The monoisotopic (exact) mass is 402 g/mol. The van der Waals surface area contributed by atoms with Gasteiger partial charge in [-0.05, 0) is 68.1 Å². The van der Waals surface area contributed by atoms with E-state index in [-0.39, 0.29) is 10.8 Å². The van der Waals surface area contributed by atoms with Gasteiger partial charge in [-0.2, -0.15) is 0 Å². The maximum atomic E-state index is 13.0. The van der Waals surface area contributed by atoms with Gasteiger partial charge in [-0.1, -0.05) is 12.1 Å². The number of benzene rings is 2. The van der Waals surface area contributed by atoms with Crippen molar-refractivity contribution in [2.24, 2.45) is 0 Å². The third kappa shape index (κ3) is 3.64. The van der Waals surface area contributed by atoms with E-state index >= 15 is 0 Å². The topological polar surface area (TPSA) is 66.9 Å². The van der Waals surface area contributed by atoms with E-state index in [2.05, 4.69) is 0 Å². The predicted molar refractivity (Wildman–Crippen MR) is 109 cm³/mol. The van der Waals surface area contributed by atoms with Crippen LogP contribution in [0.25, 0.3) is 0 Å². The Balaban J connectivity index is 1.81. The van der Waals surface area contributed by atoms with Gasteiger partial charge in [-0.3, -0.25) is 4.79 Å². The first-order valence-electron chi connectivity index (χ1n) is 9.22. The summed E-state index contributed by atoms with van der Waals surface area (Å²) in [7, 11) is -0.488. The molecule has 0 saturated heterocycles. The molecular weight excluding hydrogens is 376 g/mol. The highest BCUT2D eigenvalue weighted by molar-refractivity contribution is 7.89. The first kappa shape index (κ1) is 20.4. The minimum atomic E-state index is -3.50. The number of sulfonamides is 1. The van der Waals surface area contributed by atoms with Crippen LogP contribution in [0.2, 0.25) is 0 Å². The van der Waals surface area contributed by atoms with E-state index in [1.54, 1.807) is 30.0 Å². The van der Waals surface area contributed by atoms with Crippen LogP contribution in [0, 0.1) is 13.8 Å². The highest BCUT2D eigenvalue weighted by Crippen LogP contribution is 2.32. The molecule has 0 bridgehead atoms. The van der Waals surface area contributed by atoms with Gasteiger partial charge >= 0.3 is 0 Å². The molecule has 0 aromatic heterocycles. The number of rotatable bonds is 5. The van der Waals surface area contributed by atoms with Gasteiger partial charge in [0.2, 0.25) is 10.0 Å². The molecule has 1 aliphatic heterocycles. The van der Waals surface area contributed by atoms with E-state index in [1.165, 1.54) is 18.4 Å². The zero-order valence-electron chi connectivity index (χ0n) is 16.9. The fourth-order valence-corrected chi connectivity index (χ4v) is 4.24. The Kier molecular flexibility index (Phi) is 5.50. The average molecular weight is 403 g/mol. The number of fused-ring (bicyclic) bond motifs is 1. The zero-order chi connectivity index (χ0) is 20.6. The predicted octanol–water partition coefficient (Wildman–Crippen LogP) is 2.91. The molecule has 0 fully saturated rings. The van der Waals surface area contributed by atoms with Crippen LogP contribution < -0.4 is 9.64 Å². The van der Waals surface area contributed by atoms with Crippen molar-refractivity contribution in [3.05, 3.63) is 53.1 Å². The molecule has 0 saturated carbocycles. The third-order valence-electron chi connectivity index (χ3n) is 5.20. The van der Waals surface area contributed by atoms with Crippen LogP contribution in [0.15, 0.2) is 41.3 Å². The Hall–Kier alpha value is -2.38. The maximum absolute atomic E-state index is 13.0. The van der Waals surface area contributed by atoms with Gasteiger partial charge in [0.05, 0.1) is 4.90 Å². The van der Waals surface area contributed by atoms with E-state index < -0.39 is 16.1 Å². The fraction of sp³-hybridized carbons (Fsp3) is 0.381. The Bertz CT molecular complexity index is 1020. The van der Waals surface area contributed by atoms with Crippen molar-refractivity contribution in [1.29, 1.82) is 0 Å². The van der Waals surface area contributed by atoms with E-state index in [0.717, 1.165) is 22.4 Å². The van der Waals surface area contributed by atoms with Crippen molar-refractivity contribution in [1.82, 2.24) is 4.31 Å². The number of ether oxygens (including phenoxy) is 1. The summed E-state index contributed by atoms with van der Waals surface area (Å²) >= 11 is 0. The summed E-state index contributed by atoms with van der Waals surface area (Å²) in [5.41, 5.74) is 3.73. The van der Waals surface area contributed by atoms with Crippen molar-refractivity contribution >= 4 is 21.6 Å². The van der Waals surface area contributed by atoms with E-state index in [1.807, 2.05) is 32.0 Å². The smallest absolute Gasteiger partial charge is 0.267 e. The molecule has 1 amide bonds. The molecule has 1 aliphatic rings. The molecule has 150 valence electrons. The molecule has 0 unspecified atom stereocenters. The first-order valence-corrected chi connectivity index (χ1v) is 10.7. The number of carbonyl (C=O) groups excluding carboxylic acids is 1. The van der Waals surface area contributed by atoms with Gasteiger partial charge in [-0.15, -0.1) is 0 Å². The fourth-order valence-electron chi connectivity index (χ4n) is 3.29. The number of carbonyl (C=O) groups is 1. The lowest BCUT2D eigenvalue weighted by molar-refractivity contribution is -0.124. The third-order valence-corrected chi connectivity index (χ3v) is 7.01. The van der Waals surface area contributed by atoms with Crippen LogP contribution in [0.3, 0.4) is 0 Å². The van der Waals surface area contributed by atoms with Gasteiger partial charge in [-0.25, -0.2) is 12.7 Å². The maximum Gasteiger partial charge on any atom is 0.267 e. The Morgan fingerprint density at radius 2 is 1.89 bits per heavy atom. The number of anilines is 1. The first-order chi connectivity index (χ1) is 13.1. The molecule has 7 heteroatoms. The van der Waals surface area contributed by atoms with Gasteiger partial charge in [0.1, 0.15) is 5.75 Å². The molecule has 1 atom stereocenters. The molecule has 0 radical (unpaired) electrons. The summed E-state index contributed by atoms with van der Waals surface area (Å²) < 4.78 is 31.8. The second-order valence-corrected chi connectivity index (χ2v) is 9.43. The summed E-state index contributed by atoms with van der Waals surface area (Å²) in [6.07, 6.45) is -0.0229. The normalized spacial score (nSPS) is 14.9. The second-order valence-electron chi connectivity index (χ2n) is 7.28.